The first-order valence-electron chi connectivity index (χ1n) is 5.70. The van der Waals surface area contributed by atoms with E-state index in [9.17, 15) is 13.5 Å². The van der Waals surface area contributed by atoms with Gasteiger partial charge >= 0.3 is 0 Å². The van der Waals surface area contributed by atoms with Crippen molar-refractivity contribution in [2.45, 2.75) is 17.4 Å². The fraction of sp³-hybridized carbons (Fsp3) is 0.455. The molecule has 18 heavy (non-hydrogen) atoms. The molecule has 1 fully saturated rings. The second kappa shape index (κ2) is 4.75. The number of nitrogen functional groups attached to an aromatic ring is 1. The maximum absolute atomic E-state index is 11.6. The van der Waals surface area contributed by atoms with Gasteiger partial charge in [0.25, 0.3) is 0 Å². The Morgan fingerprint density at radius 3 is 2.72 bits per heavy atom. The second-order valence-corrected chi connectivity index (χ2v) is 6.20. The van der Waals surface area contributed by atoms with E-state index < -0.39 is 10.0 Å². The van der Waals surface area contributed by atoms with Crippen molar-refractivity contribution >= 4 is 21.4 Å². The van der Waals surface area contributed by atoms with E-state index in [0.29, 0.717) is 18.7 Å². The highest BCUT2D eigenvalue weighted by Gasteiger charge is 2.22. The normalized spacial score (nSPS) is 20.3. The van der Waals surface area contributed by atoms with Crippen molar-refractivity contribution in [3.05, 3.63) is 18.2 Å². The average molecular weight is 271 g/mol. The molecule has 0 amide bonds. The molecule has 6 nitrogen and oxygen atoms in total. The lowest BCUT2D eigenvalue weighted by atomic mass is 10.2. The van der Waals surface area contributed by atoms with E-state index in [2.05, 4.69) is 4.72 Å². The highest BCUT2D eigenvalue weighted by Crippen LogP contribution is 2.28. The molecule has 100 valence electrons. The molecule has 1 aromatic rings. The van der Waals surface area contributed by atoms with E-state index in [4.69, 9.17) is 5.73 Å². The summed E-state index contributed by atoms with van der Waals surface area (Å²) in [4.78, 5) is 2.10. The zero-order valence-corrected chi connectivity index (χ0v) is 10.9. The molecule has 0 bridgehead atoms. The quantitative estimate of drug-likeness (QED) is 0.659. The van der Waals surface area contributed by atoms with Gasteiger partial charge in [-0.05, 0) is 31.7 Å². The van der Waals surface area contributed by atoms with E-state index in [1.165, 1.54) is 19.2 Å². The van der Waals surface area contributed by atoms with Crippen molar-refractivity contribution in [1.82, 2.24) is 4.72 Å². The summed E-state index contributed by atoms with van der Waals surface area (Å²) < 4.78 is 25.5. The minimum Gasteiger partial charge on any atom is -0.397 e. The molecule has 1 unspecified atom stereocenters. The molecule has 1 saturated heterocycles. The number of anilines is 2. The van der Waals surface area contributed by atoms with Crippen molar-refractivity contribution < 1.29 is 13.5 Å². The Morgan fingerprint density at radius 1 is 1.50 bits per heavy atom. The van der Waals surface area contributed by atoms with Crippen LogP contribution in [0.2, 0.25) is 0 Å². The number of β-amino-alcohol motifs (C(OH)–C–C–N with tert-alkyl or cyclic N) is 1. The summed E-state index contributed by atoms with van der Waals surface area (Å²) in [5.41, 5.74) is 7.05. The molecule has 4 N–H and O–H groups in total. The van der Waals surface area contributed by atoms with Gasteiger partial charge in [-0.3, -0.25) is 0 Å². The summed E-state index contributed by atoms with van der Waals surface area (Å²) >= 11 is 0. The van der Waals surface area contributed by atoms with Gasteiger partial charge in [-0.1, -0.05) is 0 Å². The SMILES string of the molecule is CNS(=O)(=O)c1ccc(N2CCC(O)C2)c(N)c1. The molecular weight excluding hydrogens is 254 g/mol. The van der Waals surface area contributed by atoms with Crippen LogP contribution in [0.25, 0.3) is 0 Å². The minimum atomic E-state index is -3.47. The third-order valence-corrected chi connectivity index (χ3v) is 4.49. The Kier molecular flexibility index (Phi) is 3.47. The number of benzene rings is 1. The minimum absolute atomic E-state index is 0.144. The number of aliphatic hydroxyl groups is 1. The first-order valence-corrected chi connectivity index (χ1v) is 7.18. The molecular formula is C11H17N3O3S. The van der Waals surface area contributed by atoms with Crippen LogP contribution in [0, 0.1) is 0 Å². The van der Waals surface area contributed by atoms with Gasteiger partial charge in [0.05, 0.1) is 22.4 Å². The number of aliphatic hydroxyl groups excluding tert-OH is 1. The second-order valence-electron chi connectivity index (χ2n) is 4.32. The number of nitrogens with two attached hydrogens (primary N) is 1. The van der Waals surface area contributed by atoms with Crippen LogP contribution >= 0.6 is 0 Å². The molecule has 0 aliphatic carbocycles. The Morgan fingerprint density at radius 2 is 2.22 bits per heavy atom. The molecule has 1 aliphatic rings. The van der Waals surface area contributed by atoms with Gasteiger partial charge in [0.1, 0.15) is 0 Å². The standard InChI is InChI=1S/C11H17N3O3S/c1-13-18(16,17)9-2-3-11(10(12)6-9)14-5-4-8(15)7-14/h2-3,6,8,13,15H,4-5,7,12H2,1H3. The number of nitrogens with zero attached hydrogens (tertiary/aromatic N) is 1. The van der Waals surface area contributed by atoms with E-state index in [1.54, 1.807) is 6.07 Å². The number of hydrogen-bond donors (Lipinski definition) is 3. The summed E-state index contributed by atoms with van der Waals surface area (Å²) in [6, 6.07) is 4.63. The van der Waals surface area contributed by atoms with Crippen LogP contribution in [-0.4, -0.2) is 39.8 Å². The zero-order chi connectivity index (χ0) is 13.3. The predicted octanol–water partition coefficient (Wildman–Crippen LogP) is -0.252. The summed E-state index contributed by atoms with van der Waals surface area (Å²) in [7, 11) is -2.11. The van der Waals surface area contributed by atoms with Crippen molar-refractivity contribution in [3.8, 4) is 0 Å². The van der Waals surface area contributed by atoms with E-state index >= 15 is 0 Å². The highest BCUT2D eigenvalue weighted by atomic mass is 32.2. The molecule has 0 aromatic heterocycles. The van der Waals surface area contributed by atoms with Crippen molar-refractivity contribution in [2.24, 2.45) is 0 Å². The van der Waals surface area contributed by atoms with Crippen molar-refractivity contribution in [1.29, 1.82) is 0 Å². The van der Waals surface area contributed by atoms with Crippen LogP contribution in [0.3, 0.4) is 0 Å². The van der Waals surface area contributed by atoms with Crippen LogP contribution < -0.4 is 15.4 Å². The van der Waals surface area contributed by atoms with E-state index in [0.717, 1.165) is 12.2 Å². The monoisotopic (exact) mass is 271 g/mol. The molecule has 0 radical (unpaired) electrons. The van der Waals surface area contributed by atoms with Gasteiger partial charge in [0.2, 0.25) is 10.0 Å². The number of sulfonamides is 1. The first kappa shape index (κ1) is 13.1. The molecule has 1 aromatic carbocycles. The summed E-state index contributed by atoms with van der Waals surface area (Å²) in [5, 5.41) is 9.49. The maximum Gasteiger partial charge on any atom is 0.240 e. The molecule has 0 saturated carbocycles. The van der Waals surface area contributed by atoms with Gasteiger partial charge in [-0.15, -0.1) is 0 Å². The van der Waals surface area contributed by atoms with Crippen LogP contribution in [0.4, 0.5) is 11.4 Å². The summed E-state index contributed by atoms with van der Waals surface area (Å²) in [5.74, 6) is 0. The maximum atomic E-state index is 11.6. The number of nitrogens with one attached hydrogen (secondary N) is 1. The van der Waals surface area contributed by atoms with Gasteiger partial charge in [-0.25, -0.2) is 13.1 Å². The fourth-order valence-corrected chi connectivity index (χ4v) is 2.83. The Labute approximate surface area is 106 Å². The lowest BCUT2D eigenvalue weighted by Crippen LogP contribution is -2.23. The molecule has 1 aliphatic heterocycles. The zero-order valence-electron chi connectivity index (χ0n) is 10.1. The van der Waals surface area contributed by atoms with Gasteiger partial charge in [0.15, 0.2) is 0 Å². The van der Waals surface area contributed by atoms with E-state index in [1.807, 2.05) is 4.90 Å². The Bertz CT molecular complexity index is 544. The van der Waals surface area contributed by atoms with Crippen molar-refractivity contribution in [2.75, 3.05) is 30.8 Å². The lowest BCUT2D eigenvalue weighted by Gasteiger charge is -2.20. The summed E-state index contributed by atoms with van der Waals surface area (Å²) in [6.07, 6.45) is 0.362. The average Bonchev–Trinajstić information content (AvgIpc) is 2.75. The lowest BCUT2D eigenvalue weighted by molar-refractivity contribution is 0.198. The highest BCUT2D eigenvalue weighted by molar-refractivity contribution is 7.89. The third-order valence-electron chi connectivity index (χ3n) is 3.08. The van der Waals surface area contributed by atoms with Gasteiger partial charge < -0.3 is 15.7 Å². The van der Waals surface area contributed by atoms with Gasteiger partial charge in [-0.2, -0.15) is 0 Å². The first-order chi connectivity index (χ1) is 8.44. The third kappa shape index (κ3) is 2.43. The Hall–Kier alpha value is -1.31. The molecule has 2 rings (SSSR count). The topological polar surface area (TPSA) is 95.7 Å². The molecule has 7 heteroatoms. The predicted molar refractivity (Wildman–Crippen MR) is 69.9 cm³/mol. The number of hydrogen-bond acceptors (Lipinski definition) is 5. The Balaban J connectivity index is 2.31. The van der Waals surface area contributed by atoms with Crippen LogP contribution in [0.5, 0.6) is 0 Å². The van der Waals surface area contributed by atoms with Crippen LogP contribution in [0.1, 0.15) is 6.42 Å². The molecule has 0 spiro atoms. The van der Waals surface area contributed by atoms with E-state index in [-0.39, 0.29) is 11.0 Å². The van der Waals surface area contributed by atoms with Gasteiger partial charge in [0, 0.05) is 13.1 Å². The fourth-order valence-electron chi connectivity index (χ4n) is 2.07. The molecule has 1 heterocycles. The van der Waals surface area contributed by atoms with Crippen molar-refractivity contribution in [3.63, 3.8) is 0 Å². The molecule has 1 atom stereocenters. The summed E-state index contributed by atoms with van der Waals surface area (Å²) in [6.45, 7) is 1.26. The largest absolute Gasteiger partial charge is 0.397 e. The van der Waals surface area contributed by atoms with Crippen LogP contribution in [-0.2, 0) is 10.0 Å². The number of rotatable bonds is 3. The van der Waals surface area contributed by atoms with Crippen LogP contribution in [0.15, 0.2) is 23.1 Å². The smallest absolute Gasteiger partial charge is 0.240 e.